The van der Waals surface area contributed by atoms with Gasteiger partial charge in [-0.3, -0.25) is 0 Å². The van der Waals surface area contributed by atoms with E-state index in [1.165, 1.54) is 25.0 Å². The maximum Gasteiger partial charge on any atom is 0.357 e. The lowest BCUT2D eigenvalue weighted by atomic mass is 10.0. The predicted molar refractivity (Wildman–Crippen MR) is 106 cm³/mol. The quantitative estimate of drug-likeness (QED) is 0.532. The molecule has 3 rings (SSSR count). The number of benzene rings is 2. The third-order valence-electron chi connectivity index (χ3n) is 4.17. The van der Waals surface area contributed by atoms with Gasteiger partial charge in [-0.25, -0.2) is 18.7 Å². The molecule has 0 amide bonds. The van der Waals surface area contributed by atoms with E-state index in [1.807, 2.05) is 0 Å². The molecule has 0 saturated heterocycles. The zero-order valence-corrected chi connectivity index (χ0v) is 17.3. The Morgan fingerprint density at radius 1 is 1.00 bits per heavy atom. The maximum atomic E-state index is 15.1. The number of rotatable bonds is 5. The molecule has 3 aromatic rings. The van der Waals surface area contributed by atoms with E-state index in [-0.39, 0.29) is 28.3 Å². The molecule has 2 aromatic carbocycles. The first kappa shape index (κ1) is 20.5. The fourth-order valence-corrected chi connectivity index (χ4v) is 3.33. The number of aromatic nitrogens is 2. The van der Waals surface area contributed by atoms with E-state index in [9.17, 15) is 9.59 Å². The summed E-state index contributed by atoms with van der Waals surface area (Å²) in [7, 11) is 3.65. The van der Waals surface area contributed by atoms with Gasteiger partial charge in [0, 0.05) is 4.47 Å². The highest BCUT2D eigenvalue weighted by Crippen LogP contribution is 2.38. The summed E-state index contributed by atoms with van der Waals surface area (Å²) in [4.78, 5) is 25.2. The molecule has 0 atom stereocenters. The molecule has 0 aliphatic carbocycles. The Morgan fingerprint density at radius 2 is 1.66 bits per heavy atom. The second-order valence-corrected chi connectivity index (χ2v) is 6.60. The van der Waals surface area contributed by atoms with Gasteiger partial charge in [-0.15, -0.1) is 0 Å². The fourth-order valence-electron chi connectivity index (χ4n) is 2.84. The molecule has 9 heteroatoms. The van der Waals surface area contributed by atoms with Crippen molar-refractivity contribution in [1.82, 2.24) is 9.78 Å². The van der Waals surface area contributed by atoms with E-state index < -0.39 is 17.8 Å². The standard InChI is InChI=1S/C20H16BrFN2O5/c1-27-13-10-9-12(21)14(16(13)22)17-15(19(25)28-2)18(20(26)29-3)24(23-17)11-7-5-4-6-8-11/h4-10H,1-3H3. The van der Waals surface area contributed by atoms with Crippen LogP contribution in [0.3, 0.4) is 0 Å². The predicted octanol–water partition coefficient (Wildman–Crippen LogP) is 4.02. The van der Waals surface area contributed by atoms with E-state index in [2.05, 4.69) is 21.0 Å². The summed E-state index contributed by atoms with van der Waals surface area (Å²) in [6.45, 7) is 0. The highest BCUT2D eigenvalue weighted by Gasteiger charge is 2.33. The van der Waals surface area contributed by atoms with Crippen molar-refractivity contribution in [1.29, 1.82) is 0 Å². The van der Waals surface area contributed by atoms with Crippen LogP contribution in [-0.4, -0.2) is 43.0 Å². The van der Waals surface area contributed by atoms with Crippen molar-refractivity contribution in [3.05, 3.63) is 64.0 Å². The van der Waals surface area contributed by atoms with Crippen molar-refractivity contribution in [2.45, 2.75) is 0 Å². The summed E-state index contributed by atoms with van der Waals surface area (Å²) < 4.78 is 31.4. The Hall–Kier alpha value is -3.20. The molecule has 150 valence electrons. The molecule has 7 nitrogen and oxygen atoms in total. The van der Waals surface area contributed by atoms with Gasteiger partial charge in [0.25, 0.3) is 0 Å². The average Bonchev–Trinajstić information content (AvgIpc) is 3.13. The number of carbonyl (C=O) groups is 2. The Bertz CT molecular complexity index is 1080. The Morgan fingerprint density at radius 3 is 2.24 bits per heavy atom. The van der Waals surface area contributed by atoms with Gasteiger partial charge < -0.3 is 14.2 Å². The van der Waals surface area contributed by atoms with Crippen LogP contribution in [0.15, 0.2) is 46.9 Å². The normalized spacial score (nSPS) is 10.5. The number of hydrogen-bond acceptors (Lipinski definition) is 6. The second-order valence-electron chi connectivity index (χ2n) is 5.74. The molecule has 0 aliphatic rings. The van der Waals surface area contributed by atoms with Crippen molar-refractivity contribution in [2.24, 2.45) is 0 Å². The molecule has 0 saturated carbocycles. The van der Waals surface area contributed by atoms with Gasteiger partial charge in [0.05, 0.1) is 32.6 Å². The number of ether oxygens (including phenoxy) is 3. The molecule has 0 aliphatic heterocycles. The van der Waals surface area contributed by atoms with E-state index in [4.69, 9.17) is 14.2 Å². The summed E-state index contributed by atoms with van der Waals surface area (Å²) in [6, 6.07) is 11.6. The van der Waals surface area contributed by atoms with Crippen LogP contribution in [0.5, 0.6) is 5.75 Å². The molecular weight excluding hydrogens is 447 g/mol. The third-order valence-corrected chi connectivity index (χ3v) is 4.83. The highest BCUT2D eigenvalue weighted by molar-refractivity contribution is 9.10. The first-order valence-corrected chi connectivity index (χ1v) is 9.11. The van der Waals surface area contributed by atoms with Crippen molar-refractivity contribution < 1.29 is 28.2 Å². The lowest BCUT2D eigenvalue weighted by Crippen LogP contribution is -2.15. The van der Waals surface area contributed by atoms with Gasteiger partial charge in [0.15, 0.2) is 17.3 Å². The number of hydrogen-bond donors (Lipinski definition) is 0. The largest absolute Gasteiger partial charge is 0.494 e. The topological polar surface area (TPSA) is 79.7 Å². The minimum absolute atomic E-state index is 0.0482. The summed E-state index contributed by atoms with van der Waals surface area (Å²) in [5.41, 5.74) is -0.0802. The number of nitrogens with zero attached hydrogens (tertiary/aromatic N) is 2. The Kier molecular flexibility index (Phi) is 5.97. The monoisotopic (exact) mass is 462 g/mol. The summed E-state index contributed by atoms with van der Waals surface area (Å²) in [5, 5.41) is 4.38. The van der Waals surface area contributed by atoms with Crippen molar-refractivity contribution in [3.63, 3.8) is 0 Å². The Labute approximate surface area is 174 Å². The summed E-state index contributed by atoms with van der Waals surface area (Å²) in [5.74, 6) is -2.49. The van der Waals surface area contributed by atoms with Crippen molar-refractivity contribution in [2.75, 3.05) is 21.3 Å². The number of carbonyl (C=O) groups excluding carboxylic acids is 2. The summed E-state index contributed by atoms with van der Waals surface area (Å²) in [6.07, 6.45) is 0. The zero-order chi connectivity index (χ0) is 21.1. The first-order valence-electron chi connectivity index (χ1n) is 8.32. The lowest BCUT2D eigenvalue weighted by molar-refractivity contribution is 0.0549. The number of para-hydroxylation sites is 1. The SMILES string of the molecule is COC(=O)c1c(-c2c(Br)ccc(OC)c2F)nn(-c2ccccc2)c1C(=O)OC. The van der Waals surface area contributed by atoms with Gasteiger partial charge in [-0.2, -0.15) is 5.10 Å². The van der Waals surface area contributed by atoms with Crippen molar-refractivity contribution in [3.8, 4) is 22.7 Å². The van der Waals surface area contributed by atoms with Gasteiger partial charge in [-0.1, -0.05) is 18.2 Å². The van der Waals surface area contributed by atoms with E-state index in [1.54, 1.807) is 36.4 Å². The number of methoxy groups -OCH3 is 3. The van der Waals surface area contributed by atoms with E-state index in [0.29, 0.717) is 10.2 Å². The van der Waals surface area contributed by atoms with Gasteiger partial charge in [0.2, 0.25) is 0 Å². The van der Waals surface area contributed by atoms with Crippen LogP contribution >= 0.6 is 15.9 Å². The number of esters is 2. The van der Waals surface area contributed by atoms with Crippen LogP contribution in [0.2, 0.25) is 0 Å². The second kappa shape index (κ2) is 8.44. The Balaban J connectivity index is 2.44. The van der Waals surface area contributed by atoms with Crippen LogP contribution in [0, 0.1) is 5.82 Å². The van der Waals surface area contributed by atoms with E-state index in [0.717, 1.165) is 7.11 Å². The first-order chi connectivity index (χ1) is 13.9. The summed E-state index contributed by atoms with van der Waals surface area (Å²) >= 11 is 3.28. The third kappa shape index (κ3) is 3.61. The maximum absolute atomic E-state index is 15.1. The molecular formula is C20H16BrFN2O5. The molecule has 0 radical (unpaired) electrons. The molecule has 0 N–H and O–H groups in total. The van der Waals surface area contributed by atoms with Crippen LogP contribution < -0.4 is 4.74 Å². The average molecular weight is 463 g/mol. The molecule has 0 fully saturated rings. The van der Waals surface area contributed by atoms with Crippen LogP contribution in [0.25, 0.3) is 16.9 Å². The minimum atomic E-state index is -0.864. The minimum Gasteiger partial charge on any atom is -0.494 e. The van der Waals surface area contributed by atoms with E-state index >= 15 is 4.39 Å². The molecule has 0 spiro atoms. The molecule has 1 heterocycles. The smallest absolute Gasteiger partial charge is 0.357 e. The molecule has 1 aromatic heterocycles. The van der Waals surface area contributed by atoms with Crippen LogP contribution in [0.1, 0.15) is 20.8 Å². The zero-order valence-electron chi connectivity index (χ0n) is 15.7. The molecule has 29 heavy (non-hydrogen) atoms. The number of halogens is 2. The van der Waals surface area contributed by atoms with Crippen molar-refractivity contribution >= 4 is 27.9 Å². The van der Waals surface area contributed by atoms with Crippen LogP contribution in [0.4, 0.5) is 4.39 Å². The van der Waals surface area contributed by atoms with Gasteiger partial charge >= 0.3 is 11.9 Å². The lowest BCUT2D eigenvalue weighted by Gasteiger charge is -2.09. The molecule has 0 unspecified atom stereocenters. The van der Waals surface area contributed by atoms with Gasteiger partial charge in [-0.05, 0) is 40.2 Å². The highest BCUT2D eigenvalue weighted by atomic mass is 79.9. The van der Waals surface area contributed by atoms with Crippen LogP contribution in [-0.2, 0) is 9.47 Å². The molecule has 0 bridgehead atoms. The van der Waals surface area contributed by atoms with Gasteiger partial charge in [0.1, 0.15) is 11.3 Å². The fraction of sp³-hybridized carbons (Fsp3) is 0.150.